The Morgan fingerprint density at radius 1 is 1.00 bits per heavy atom. The molecule has 0 aliphatic rings. The average Bonchev–Trinajstić information content (AvgIpc) is 2.70. The zero-order valence-corrected chi connectivity index (χ0v) is 17.0. The van der Waals surface area contributed by atoms with Gasteiger partial charge in [-0.1, -0.05) is 18.2 Å². The largest absolute Gasteiger partial charge is 0.347 e. The number of amides is 1. The summed E-state index contributed by atoms with van der Waals surface area (Å²) in [7, 11) is 5.64. The van der Waals surface area contributed by atoms with E-state index in [1.807, 2.05) is 69.2 Å². The van der Waals surface area contributed by atoms with Crippen molar-refractivity contribution in [2.24, 2.45) is 0 Å². The molecule has 0 bridgehead atoms. The van der Waals surface area contributed by atoms with E-state index in [4.69, 9.17) is 0 Å². The molecule has 0 unspecified atom stereocenters. The zero-order chi connectivity index (χ0) is 20.3. The summed E-state index contributed by atoms with van der Waals surface area (Å²) in [5.74, 6) is 0.648. The zero-order valence-electron chi connectivity index (χ0n) is 17.0. The van der Waals surface area contributed by atoms with E-state index < -0.39 is 0 Å². The number of nitrogens with zero attached hydrogens (tertiary/aromatic N) is 5. The predicted octanol–water partition coefficient (Wildman–Crippen LogP) is 3.49. The van der Waals surface area contributed by atoms with Crippen molar-refractivity contribution in [1.82, 2.24) is 19.9 Å². The Morgan fingerprint density at radius 2 is 1.71 bits per heavy atom. The monoisotopic (exact) mass is 375 g/mol. The van der Waals surface area contributed by atoms with Crippen molar-refractivity contribution in [2.75, 3.05) is 26.0 Å². The van der Waals surface area contributed by atoms with Gasteiger partial charge in [-0.2, -0.15) is 0 Å². The number of aryl methyl sites for hydroxylation is 1. The second-order valence-corrected chi connectivity index (χ2v) is 7.08. The summed E-state index contributed by atoms with van der Waals surface area (Å²) < 4.78 is 0. The Morgan fingerprint density at radius 3 is 2.32 bits per heavy atom. The first-order chi connectivity index (χ1) is 13.4. The Bertz CT molecular complexity index is 968. The van der Waals surface area contributed by atoms with Gasteiger partial charge in [0.2, 0.25) is 5.95 Å². The van der Waals surface area contributed by atoms with Crippen LogP contribution in [-0.2, 0) is 6.54 Å². The molecule has 0 fully saturated rings. The standard InChI is InChI=1S/C22H25N5O/c1-15-16(2)24-22(26(3)4)25-20(15)18-8-10-19(11-9-18)21(28)27(5)14-17-7-6-12-23-13-17/h6-13H,14H2,1-5H3. The molecule has 0 aliphatic carbocycles. The third-order valence-electron chi connectivity index (χ3n) is 4.67. The quantitative estimate of drug-likeness (QED) is 0.683. The molecule has 0 saturated heterocycles. The summed E-state index contributed by atoms with van der Waals surface area (Å²) in [6.07, 6.45) is 3.50. The molecular formula is C22H25N5O. The third kappa shape index (κ3) is 4.17. The summed E-state index contributed by atoms with van der Waals surface area (Å²) in [5, 5.41) is 0. The minimum absolute atomic E-state index is 0.0278. The highest BCUT2D eigenvalue weighted by atomic mass is 16.2. The molecule has 0 spiro atoms. The predicted molar refractivity (Wildman–Crippen MR) is 111 cm³/mol. The molecule has 0 N–H and O–H groups in total. The van der Waals surface area contributed by atoms with Gasteiger partial charge >= 0.3 is 0 Å². The van der Waals surface area contributed by atoms with Crippen LogP contribution < -0.4 is 4.90 Å². The number of rotatable bonds is 5. The van der Waals surface area contributed by atoms with Gasteiger partial charge in [-0.05, 0) is 43.2 Å². The number of aromatic nitrogens is 3. The summed E-state index contributed by atoms with van der Waals surface area (Å²) in [6, 6.07) is 11.4. The van der Waals surface area contributed by atoms with Crippen LogP contribution >= 0.6 is 0 Å². The third-order valence-corrected chi connectivity index (χ3v) is 4.67. The van der Waals surface area contributed by atoms with Gasteiger partial charge in [0.1, 0.15) is 0 Å². The van der Waals surface area contributed by atoms with Crippen molar-refractivity contribution in [1.29, 1.82) is 0 Å². The highest BCUT2D eigenvalue weighted by Crippen LogP contribution is 2.25. The van der Waals surface area contributed by atoms with Crippen molar-refractivity contribution >= 4 is 11.9 Å². The number of hydrogen-bond donors (Lipinski definition) is 0. The van der Waals surface area contributed by atoms with Crippen LogP contribution in [0.15, 0.2) is 48.8 Å². The van der Waals surface area contributed by atoms with Crippen molar-refractivity contribution < 1.29 is 4.79 Å². The Kier molecular flexibility index (Phi) is 5.68. The van der Waals surface area contributed by atoms with Crippen LogP contribution in [0, 0.1) is 13.8 Å². The van der Waals surface area contributed by atoms with Gasteiger partial charge in [-0.15, -0.1) is 0 Å². The average molecular weight is 375 g/mol. The van der Waals surface area contributed by atoms with Crippen molar-refractivity contribution in [3.63, 3.8) is 0 Å². The molecule has 144 valence electrons. The minimum atomic E-state index is -0.0278. The summed E-state index contributed by atoms with van der Waals surface area (Å²) in [5.41, 5.74) is 5.49. The topological polar surface area (TPSA) is 62.2 Å². The SMILES string of the molecule is Cc1nc(N(C)C)nc(-c2ccc(C(=O)N(C)Cc3cccnc3)cc2)c1C. The first kappa shape index (κ1) is 19.5. The normalized spacial score (nSPS) is 10.6. The Balaban J connectivity index is 1.83. The van der Waals surface area contributed by atoms with Crippen LogP contribution in [-0.4, -0.2) is 46.9 Å². The van der Waals surface area contributed by atoms with E-state index in [0.29, 0.717) is 18.1 Å². The fraction of sp³-hybridized carbons (Fsp3) is 0.273. The lowest BCUT2D eigenvalue weighted by molar-refractivity contribution is 0.0785. The molecule has 2 heterocycles. The number of anilines is 1. The van der Waals surface area contributed by atoms with Gasteiger partial charge in [-0.3, -0.25) is 9.78 Å². The smallest absolute Gasteiger partial charge is 0.253 e. The summed E-state index contributed by atoms with van der Waals surface area (Å²) >= 11 is 0. The van der Waals surface area contributed by atoms with E-state index in [0.717, 1.165) is 28.1 Å². The van der Waals surface area contributed by atoms with E-state index in [1.165, 1.54) is 0 Å². The van der Waals surface area contributed by atoms with Crippen molar-refractivity contribution in [3.8, 4) is 11.3 Å². The van der Waals surface area contributed by atoms with Crippen molar-refractivity contribution in [2.45, 2.75) is 20.4 Å². The van der Waals surface area contributed by atoms with Crippen LogP contribution in [0.4, 0.5) is 5.95 Å². The maximum Gasteiger partial charge on any atom is 0.253 e. The fourth-order valence-electron chi connectivity index (χ4n) is 2.92. The first-order valence-corrected chi connectivity index (χ1v) is 9.14. The van der Waals surface area contributed by atoms with E-state index in [2.05, 4.69) is 15.0 Å². The molecule has 0 aliphatic heterocycles. The number of benzene rings is 1. The van der Waals surface area contributed by atoms with E-state index in [-0.39, 0.29) is 5.91 Å². The molecule has 1 aromatic carbocycles. The highest BCUT2D eigenvalue weighted by molar-refractivity contribution is 5.94. The maximum atomic E-state index is 12.7. The van der Waals surface area contributed by atoms with Gasteiger partial charge in [-0.25, -0.2) is 9.97 Å². The minimum Gasteiger partial charge on any atom is -0.347 e. The molecule has 2 aromatic heterocycles. The van der Waals surface area contributed by atoms with Crippen LogP contribution in [0.25, 0.3) is 11.3 Å². The lowest BCUT2D eigenvalue weighted by Gasteiger charge is -2.18. The molecular weight excluding hydrogens is 350 g/mol. The first-order valence-electron chi connectivity index (χ1n) is 9.14. The number of pyridine rings is 1. The lowest BCUT2D eigenvalue weighted by atomic mass is 10.0. The number of carbonyl (C=O) groups is 1. The van der Waals surface area contributed by atoms with Crippen LogP contribution in [0.3, 0.4) is 0 Å². The van der Waals surface area contributed by atoms with Crippen LogP contribution in [0.2, 0.25) is 0 Å². The van der Waals surface area contributed by atoms with E-state index >= 15 is 0 Å². The molecule has 0 atom stereocenters. The van der Waals surface area contributed by atoms with Crippen LogP contribution in [0.1, 0.15) is 27.2 Å². The summed E-state index contributed by atoms with van der Waals surface area (Å²) in [4.78, 5) is 29.6. The van der Waals surface area contributed by atoms with Gasteiger partial charge < -0.3 is 9.80 Å². The fourth-order valence-corrected chi connectivity index (χ4v) is 2.92. The second kappa shape index (κ2) is 8.17. The molecule has 1 amide bonds. The molecule has 6 nitrogen and oxygen atoms in total. The van der Waals surface area contributed by atoms with Gasteiger partial charge in [0, 0.05) is 56.9 Å². The molecule has 3 aromatic rings. The van der Waals surface area contributed by atoms with Crippen LogP contribution in [0.5, 0.6) is 0 Å². The van der Waals surface area contributed by atoms with Crippen molar-refractivity contribution in [3.05, 3.63) is 71.2 Å². The maximum absolute atomic E-state index is 12.7. The van der Waals surface area contributed by atoms with E-state index in [9.17, 15) is 4.79 Å². The molecule has 0 saturated carbocycles. The van der Waals surface area contributed by atoms with Gasteiger partial charge in [0.05, 0.1) is 5.69 Å². The second-order valence-electron chi connectivity index (χ2n) is 7.08. The summed E-state index contributed by atoms with van der Waals surface area (Å²) in [6.45, 7) is 4.52. The molecule has 6 heteroatoms. The van der Waals surface area contributed by atoms with E-state index in [1.54, 1.807) is 24.3 Å². The Labute approximate surface area is 165 Å². The molecule has 0 radical (unpaired) electrons. The highest BCUT2D eigenvalue weighted by Gasteiger charge is 2.15. The van der Waals surface area contributed by atoms with Gasteiger partial charge in [0.15, 0.2) is 0 Å². The number of hydrogen-bond acceptors (Lipinski definition) is 5. The number of carbonyl (C=O) groups excluding carboxylic acids is 1. The Hall–Kier alpha value is -3.28. The molecule has 28 heavy (non-hydrogen) atoms. The van der Waals surface area contributed by atoms with Gasteiger partial charge in [0.25, 0.3) is 5.91 Å². The molecule has 3 rings (SSSR count). The lowest BCUT2D eigenvalue weighted by Crippen LogP contribution is -2.26.